The highest BCUT2D eigenvalue weighted by Crippen LogP contribution is 2.27. The molecule has 3 nitrogen and oxygen atoms in total. The van der Waals surface area contributed by atoms with Gasteiger partial charge in [0.05, 0.1) is 0 Å². The van der Waals surface area contributed by atoms with Crippen molar-refractivity contribution in [3.63, 3.8) is 0 Å². The summed E-state index contributed by atoms with van der Waals surface area (Å²) in [5, 5.41) is 1.40. The molecule has 1 aromatic rings. The minimum atomic E-state index is -2.30. The van der Waals surface area contributed by atoms with Crippen LogP contribution in [0.1, 0.15) is 6.92 Å². The van der Waals surface area contributed by atoms with Crippen LogP contribution in [0.15, 0.2) is 0 Å². The van der Waals surface area contributed by atoms with E-state index in [1.54, 1.807) is 0 Å². The van der Waals surface area contributed by atoms with Crippen molar-refractivity contribution >= 4 is 11.8 Å². The van der Waals surface area contributed by atoms with E-state index < -0.39 is 40.9 Å². The van der Waals surface area contributed by atoms with E-state index in [2.05, 4.69) is 4.74 Å². The van der Waals surface area contributed by atoms with Gasteiger partial charge in [0.25, 0.3) is 0 Å². The Morgan fingerprint density at radius 3 is 1.82 bits per heavy atom. The lowest BCUT2D eigenvalue weighted by Crippen LogP contribution is -2.16. The van der Waals surface area contributed by atoms with Crippen LogP contribution in [0.3, 0.4) is 0 Å². The van der Waals surface area contributed by atoms with Gasteiger partial charge in [0.15, 0.2) is 23.3 Å². The third-order valence-electron chi connectivity index (χ3n) is 1.66. The summed E-state index contributed by atoms with van der Waals surface area (Å²) in [4.78, 5) is 10.8. The molecule has 0 atom stereocenters. The number of anilines is 1. The Morgan fingerprint density at radius 2 is 1.41 bits per heavy atom. The number of benzene rings is 1. The maximum absolute atomic E-state index is 13.0. The normalized spacial score (nSPS) is 10.2. The van der Waals surface area contributed by atoms with Gasteiger partial charge in [0.2, 0.25) is 5.82 Å². The van der Waals surface area contributed by atoms with E-state index in [-0.39, 0.29) is 0 Å². The van der Waals surface area contributed by atoms with Gasteiger partial charge in [-0.15, -0.1) is 0 Å². The Kier molecular flexibility index (Phi) is 3.87. The van der Waals surface area contributed by atoms with Crippen LogP contribution in [-0.4, -0.2) is 6.09 Å². The van der Waals surface area contributed by atoms with Gasteiger partial charge in [-0.25, -0.2) is 26.7 Å². The van der Waals surface area contributed by atoms with Gasteiger partial charge in [-0.1, -0.05) is 0 Å². The van der Waals surface area contributed by atoms with Crippen molar-refractivity contribution < 1.29 is 31.5 Å². The van der Waals surface area contributed by atoms with Gasteiger partial charge in [0.1, 0.15) is 12.3 Å². The zero-order valence-electron chi connectivity index (χ0n) is 8.28. The average molecular weight is 254 g/mol. The Morgan fingerprint density at radius 1 is 1.00 bits per heavy atom. The number of carbonyl (C=O) groups is 1. The number of amides is 1. The molecule has 0 aliphatic carbocycles. The first-order valence-electron chi connectivity index (χ1n) is 4.17. The fraction of sp³-hybridized carbons (Fsp3) is 0.111. The third kappa shape index (κ3) is 2.45. The summed E-state index contributed by atoms with van der Waals surface area (Å²) in [7, 11) is 0. The van der Waals surface area contributed by atoms with E-state index in [9.17, 15) is 26.7 Å². The second-order valence-corrected chi connectivity index (χ2v) is 2.71. The fourth-order valence-corrected chi connectivity index (χ4v) is 0.953. The molecule has 0 aliphatic heterocycles. The maximum atomic E-state index is 13.0. The molecule has 1 aromatic carbocycles. The van der Waals surface area contributed by atoms with Gasteiger partial charge in [0, 0.05) is 0 Å². The number of ether oxygens (including phenoxy) is 1. The molecule has 0 unspecified atom stereocenters. The zero-order chi connectivity index (χ0) is 13.2. The molecule has 0 bridgehead atoms. The van der Waals surface area contributed by atoms with Crippen molar-refractivity contribution in [3.8, 4) is 0 Å². The van der Waals surface area contributed by atoms with E-state index in [1.165, 1.54) is 12.2 Å². The van der Waals surface area contributed by atoms with Crippen molar-refractivity contribution in [1.29, 1.82) is 0 Å². The summed E-state index contributed by atoms with van der Waals surface area (Å²) in [6.45, 7) is 2.14. The van der Waals surface area contributed by atoms with Gasteiger partial charge < -0.3 is 4.74 Å². The van der Waals surface area contributed by atoms with E-state index >= 15 is 0 Å². The Balaban J connectivity index is 3.20. The topological polar surface area (TPSA) is 38.3 Å². The van der Waals surface area contributed by atoms with Crippen LogP contribution in [-0.2, 0) is 4.74 Å². The minimum Gasteiger partial charge on any atom is -0.442 e. The molecule has 0 saturated carbocycles. The highest BCUT2D eigenvalue weighted by atomic mass is 19.2. The van der Waals surface area contributed by atoms with Crippen LogP contribution in [0.25, 0.3) is 0 Å². The summed E-state index contributed by atoms with van der Waals surface area (Å²) in [6.07, 6.45) is -1.38. The summed E-state index contributed by atoms with van der Waals surface area (Å²) >= 11 is 0. The predicted octanol–water partition coefficient (Wildman–Crippen LogP) is 3.11. The molecule has 0 spiro atoms. The van der Waals surface area contributed by atoms with Gasteiger partial charge in [-0.2, -0.15) is 0 Å². The molecule has 17 heavy (non-hydrogen) atoms. The smallest absolute Gasteiger partial charge is 0.412 e. The van der Waals surface area contributed by atoms with Crippen LogP contribution < -0.4 is 5.32 Å². The minimum absolute atomic E-state index is 0.862. The SMILES string of the molecule is C[CH]OC(=O)Nc1c(F)c(F)c(F)c(F)c1F. The second kappa shape index (κ2) is 4.98. The monoisotopic (exact) mass is 254 g/mol. The first kappa shape index (κ1) is 13.2. The Hall–Kier alpha value is -1.86. The molecule has 0 aliphatic rings. The molecule has 1 N–H and O–H groups in total. The second-order valence-electron chi connectivity index (χ2n) is 2.71. The Labute approximate surface area is 92.2 Å². The lowest BCUT2D eigenvalue weighted by Gasteiger charge is -2.09. The number of carbonyl (C=O) groups excluding carboxylic acids is 1. The number of halogens is 5. The van der Waals surface area contributed by atoms with E-state index in [4.69, 9.17) is 0 Å². The summed E-state index contributed by atoms with van der Waals surface area (Å²) < 4.78 is 68.1. The third-order valence-corrected chi connectivity index (χ3v) is 1.66. The molecule has 93 valence electrons. The molecule has 0 aromatic heterocycles. The van der Waals surface area contributed by atoms with E-state index in [0.717, 1.165) is 6.61 Å². The lowest BCUT2D eigenvalue weighted by atomic mass is 10.2. The van der Waals surface area contributed by atoms with Crippen LogP contribution >= 0.6 is 0 Å². The molecule has 0 saturated heterocycles. The number of hydrogen-bond donors (Lipinski definition) is 1. The number of hydrogen-bond acceptors (Lipinski definition) is 2. The molecular weight excluding hydrogens is 249 g/mol. The van der Waals surface area contributed by atoms with Crippen LogP contribution in [0.5, 0.6) is 0 Å². The van der Waals surface area contributed by atoms with Gasteiger partial charge >= 0.3 is 6.09 Å². The molecule has 1 rings (SSSR count). The zero-order valence-corrected chi connectivity index (χ0v) is 8.28. The highest BCUT2D eigenvalue weighted by Gasteiger charge is 2.26. The average Bonchev–Trinajstić information content (AvgIpc) is 2.30. The molecule has 1 radical (unpaired) electrons. The van der Waals surface area contributed by atoms with Crippen molar-refractivity contribution in [2.24, 2.45) is 0 Å². The van der Waals surface area contributed by atoms with Crippen molar-refractivity contribution in [1.82, 2.24) is 0 Å². The Bertz CT molecular complexity index is 434. The summed E-state index contributed by atoms with van der Waals surface area (Å²) in [5.74, 6) is -10.9. The van der Waals surface area contributed by atoms with Crippen LogP contribution in [0.2, 0.25) is 0 Å². The van der Waals surface area contributed by atoms with Crippen molar-refractivity contribution in [3.05, 3.63) is 35.7 Å². The fourth-order valence-electron chi connectivity index (χ4n) is 0.953. The van der Waals surface area contributed by atoms with Crippen molar-refractivity contribution in [2.45, 2.75) is 6.92 Å². The predicted molar refractivity (Wildman–Crippen MR) is 46.3 cm³/mol. The molecular formula is C9H5F5NO2. The summed E-state index contributed by atoms with van der Waals surface area (Å²) in [6, 6.07) is 0. The lowest BCUT2D eigenvalue weighted by molar-refractivity contribution is 0.188. The first-order chi connectivity index (χ1) is 7.90. The molecule has 1 amide bonds. The quantitative estimate of drug-likeness (QED) is 0.500. The van der Waals surface area contributed by atoms with Gasteiger partial charge in [-0.05, 0) is 6.92 Å². The molecule has 0 fully saturated rings. The molecule has 0 heterocycles. The number of nitrogens with one attached hydrogen (secondary N) is 1. The van der Waals surface area contributed by atoms with Crippen molar-refractivity contribution in [2.75, 3.05) is 5.32 Å². The van der Waals surface area contributed by atoms with Crippen LogP contribution in [0.4, 0.5) is 32.4 Å². The van der Waals surface area contributed by atoms with Crippen LogP contribution in [0, 0.1) is 35.7 Å². The maximum Gasteiger partial charge on any atom is 0.412 e. The largest absolute Gasteiger partial charge is 0.442 e. The summed E-state index contributed by atoms with van der Waals surface area (Å²) in [5.41, 5.74) is -1.46. The highest BCUT2D eigenvalue weighted by molar-refractivity contribution is 5.85. The van der Waals surface area contributed by atoms with Gasteiger partial charge in [-0.3, -0.25) is 5.32 Å². The number of rotatable bonds is 2. The molecule has 8 heteroatoms. The van der Waals surface area contributed by atoms with E-state index in [1.807, 2.05) is 0 Å². The first-order valence-corrected chi connectivity index (χ1v) is 4.17. The standard InChI is InChI=1S/C9H5F5NO2/c1-2-17-9(16)15-8-6(13)4(11)3(10)5(12)7(8)14/h2H,1H3,(H,15,16). The van der Waals surface area contributed by atoms with E-state index in [0.29, 0.717) is 0 Å².